The second-order valence-corrected chi connectivity index (χ2v) is 6.82. The maximum absolute atomic E-state index is 13.6. The van der Waals surface area contributed by atoms with Gasteiger partial charge in [0.1, 0.15) is 5.82 Å². The summed E-state index contributed by atoms with van der Waals surface area (Å²) in [5.41, 5.74) is 0.958. The van der Waals surface area contributed by atoms with Crippen LogP contribution in [-0.4, -0.2) is 20.4 Å². The zero-order chi connectivity index (χ0) is 17.0. The molecule has 0 saturated carbocycles. The van der Waals surface area contributed by atoms with E-state index in [1.54, 1.807) is 25.1 Å². The summed E-state index contributed by atoms with van der Waals surface area (Å²) in [5, 5.41) is 11.2. The summed E-state index contributed by atoms with van der Waals surface area (Å²) in [4.78, 5) is 11.2. The molecule has 23 heavy (non-hydrogen) atoms. The van der Waals surface area contributed by atoms with E-state index < -0.39 is 27.9 Å². The van der Waals surface area contributed by atoms with E-state index in [1.165, 1.54) is 30.3 Å². The molecule has 0 aromatic heterocycles. The minimum Gasteiger partial charge on any atom is -0.548 e. The summed E-state index contributed by atoms with van der Waals surface area (Å²) in [5.74, 6) is -2.22. The normalized spacial score (nSPS) is 12.8. The molecular formula is C16H15FNO4S-. The molecule has 0 heterocycles. The molecule has 1 atom stereocenters. The van der Waals surface area contributed by atoms with Crippen molar-refractivity contribution >= 4 is 16.0 Å². The van der Waals surface area contributed by atoms with Gasteiger partial charge in [0.2, 0.25) is 10.0 Å². The van der Waals surface area contributed by atoms with Gasteiger partial charge in [-0.25, -0.2) is 17.5 Å². The molecular weight excluding hydrogens is 321 g/mol. The van der Waals surface area contributed by atoms with Crippen molar-refractivity contribution in [3.8, 4) is 0 Å². The topological polar surface area (TPSA) is 86.3 Å². The number of rotatable bonds is 6. The van der Waals surface area contributed by atoms with Crippen molar-refractivity contribution in [1.29, 1.82) is 0 Å². The zero-order valence-corrected chi connectivity index (χ0v) is 13.1. The van der Waals surface area contributed by atoms with Crippen LogP contribution in [0, 0.1) is 12.7 Å². The summed E-state index contributed by atoms with van der Waals surface area (Å²) in [6.07, 6.45) is -0.347. The molecule has 2 aromatic carbocycles. The van der Waals surface area contributed by atoms with Gasteiger partial charge in [-0.1, -0.05) is 35.9 Å². The Hall–Kier alpha value is -2.25. The Balaban J connectivity index is 2.24. The number of hydrogen-bond donors (Lipinski definition) is 1. The van der Waals surface area contributed by atoms with Gasteiger partial charge in [-0.15, -0.1) is 0 Å². The second kappa shape index (κ2) is 6.89. The third-order valence-electron chi connectivity index (χ3n) is 3.30. The van der Waals surface area contributed by atoms with E-state index in [9.17, 15) is 22.7 Å². The monoisotopic (exact) mass is 336 g/mol. The van der Waals surface area contributed by atoms with E-state index >= 15 is 0 Å². The van der Waals surface area contributed by atoms with Gasteiger partial charge in [-0.3, -0.25) is 0 Å². The second-order valence-electron chi connectivity index (χ2n) is 5.10. The van der Waals surface area contributed by atoms with Crippen molar-refractivity contribution in [3.63, 3.8) is 0 Å². The molecule has 0 unspecified atom stereocenters. The number of nitrogens with one attached hydrogen (secondary N) is 1. The van der Waals surface area contributed by atoms with Gasteiger partial charge in [0.25, 0.3) is 0 Å². The van der Waals surface area contributed by atoms with Crippen LogP contribution in [0.2, 0.25) is 0 Å². The number of carbonyl (C=O) groups excluding carboxylic acids is 1. The van der Waals surface area contributed by atoms with Gasteiger partial charge in [-0.05, 0) is 37.1 Å². The predicted octanol–water partition coefficient (Wildman–Crippen LogP) is 0.774. The van der Waals surface area contributed by atoms with E-state index in [1.807, 2.05) is 4.72 Å². The maximum Gasteiger partial charge on any atom is 0.241 e. The first-order chi connectivity index (χ1) is 10.8. The smallest absolute Gasteiger partial charge is 0.241 e. The first-order valence-electron chi connectivity index (χ1n) is 6.83. The van der Waals surface area contributed by atoms with Crippen molar-refractivity contribution in [2.24, 2.45) is 0 Å². The van der Waals surface area contributed by atoms with Crippen LogP contribution in [0.4, 0.5) is 4.39 Å². The highest BCUT2D eigenvalue weighted by atomic mass is 32.2. The average Bonchev–Trinajstić information content (AvgIpc) is 2.49. The molecule has 0 aliphatic heterocycles. The quantitative estimate of drug-likeness (QED) is 0.844. The van der Waals surface area contributed by atoms with Crippen molar-refractivity contribution in [1.82, 2.24) is 4.72 Å². The van der Waals surface area contributed by atoms with Gasteiger partial charge >= 0.3 is 0 Å². The minimum absolute atomic E-state index is 0.0668. The van der Waals surface area contributed by atoms with Crippen LogP contribution in [0.25, 0.3) is 0 Å². The number of halogens is 1. The number of aryl methyl sites for hydroxylation is 1. The Morgan fingerprint density at radius 3 is 2.35 bits per heavy atom. The van der Waals surface area contributed by atoms with Crippen LogP contribution in [0.1, 0.15) is 11.1 Å². The molecule has 5 nitrogen and oxygen atoms in total. The Morgan fingerprint density at radius 1 is 1.17 bits per heavy atom. The molecule has 2 aromatic rings. The van der Waals surface area contributed by atoms with Gasteiger partial charge in [0.05, 0.1) is 16.9 Å². The fourth-order valence-electron chi connectivity index (χ4n) is 2.03. The van der Waals surface area contributed by atoms with Crippen LogP contribution in [0.3, 0.4) is 0 Å². The molecule has 2 rings (SSSR count). The van der Waals surface area contributed by atoms with E-state index in [4.69, 9.17) is 0 Å². The highest BCUT2D eigenvalue weighted by Crippen LogP contribution is 2.13. The molecule has 0 radical (unpaired) electrons. The Bertz CT molecular complexity index is 803. The van der Waals surface area contributed by atoms with Crippen LogP contribution in [0.15, 0.2) is 53.4 Å². The van der Waals surface area contributed by atoms with Gasteiger partial charge in [-0.2, -0.15) is 0 Å². The number of aliphatic carboxylic acids is 1. The lowest BCUT2D eigenvalue weighted by Gasteiger charge is -2.20. The first-order valence-corrected chi connectivity index (χ1v) is 8.31. The Labute approximate surface area is 133 Å². The predicted molar refractivity (Wildman–Crippen MR) is 80.4 cm³/mol. The van der Waals surface area contributed by atoms with Gasteiger partial charge in [0, 0.05) is 0 Å². The number of sulfonamides is 1. The lowest BCUT2D eigenvalue weighted by Crippen LogP contribution is -2.49. The molecule has 1 N–H and O–H groups in total. The minimum atomic E-state index is -4.05. The summed E-state index contributed by atoms with van der Waals surface area (Å²) in [7, 11) is -4.05. The third kappa shape index (κ3) is 4.37. The molecule has 0 saturated heterocycles. The largest absolute Gasteiger partial charge is 0.548 e. The molecule has 0 amide bonds. The summed E-state index contributed by atoms with van der Waals surface area (Å²) in [6.45, 7) is 1.80. The number of benzene rings is 2. The molecule has 0 bridgehead atoms. The summed E-state index contributed by atoms with van der Waals surface area (Å²) < 4.78 is 40.1. The zero-order valence-electron chi connectivity index (χ0n) is 12.3. The van der Waals surface area contributed by atoms with E-state index in [0.717, 1.165) is 5.56 Å². The standard InChI is InChI=1S/C16H16FNO4S/c1-11-6-8-13(9-7-11)23(21,22)18-15(16(19)20)10-12-4-2-3-5-14(12)17/h2-9,15,18H,10H2,1H3,(H,19,20)/p-1/t15-/m1/s1. The molecule has 0 spiro atoms. The van der Waals surface area contributed by atoms with Crippen molar-refractivity contribution in [2.45, 2.75) is 24.3 Å². The molecule has 7 heteroatoms. The van der Waals surface area contributed by atoms with E-state index in [2.05, 4.69) is 0 Å². The fourth-order valence-corrected chi connectivity index (χ4v) is 3.21. The summed E-state index contributed by atoms with van der Waals surface area (Å²) in [6, 6.07) is 9.93. The van der Waals surface area contributed by atoms with E-state index in [-0.39, 0.29) is 16.9 Å². The molecule has 122 valence electrons. The number of carboxylic acids is 1. The SMILES string of the molecule is Cc1ccc(S(=O)(=O)N[C@H](Cc2ccccc2F)C(=O)[O-])cc1. The summed E-state index contributed by atoms with van der Waals surface area (Å²) >= 11 is 0. The molecule has 0 fully saturated rings. The molecule has 0 aliphatic carbocycles. The molecule has 0 aliphatic rings. The Morgan fingerprint density at radius 2 is 1.78 bits per heavy atom. The lowest BCUT2D eigenvalue weighted by molar-refractivity contribution is -0.307. The van der Waals surface area contributed by atoms with E-state index in [0.29, 0.717) is 0 Å². The van der Waals surface area contributed by atoms with Crippen LogP contribution >= 0.6 is 0 Å². The number of carboxylic acid groups (broad SMARTS) is 1. The number of carbonyl (C=O) groups is 1. The van der Waals surface area contributed by atoms with Crippen LogP contribution in [0.5, 0.6) is 0 Å². The van der Waals surface area contributed by atoms with Crippen molar-refractivity contribution in [3.05, 3.63) is 65.5 Å². The van der Waals surface area contributed by atoms with Crippen molar-refractivity contribution in [2.75, 3.05) is 0 Å². The average molecular weight is 336 g/mol. The number of hydrogen-bond acceptors (Lipinski definition) is 4. The first kappa shape index (κ1) is 17.1. The van der Waals surface area contributed by atoms with Crippen LogP contribution in [-0.2, 0) is 21.2 Å². The Kier molecular flexibility index (Phi) is 5.12. The third-order valence-corrected chi connectivity index (χ3v) is 4.78. The lowest BCUT2D eigenvalue weighted by atomic mass is 10.1. The fraction of sp³-hybridized carbons (Fsp3) is 0.188. The van der Waals surface area contributed by atoms with Crippen molar-refractivity contribution < 1.29 is 22.7 Å². The highest BCUT2D eigenvalue weighted by Gasteiger charge is 2.22. The highest BCUT2D eigenvalue weighted by molar-refractivity contribution is 7.89. The van der Waals surface area contributed by atoms with Crippen LogP contribution < -0.4 is 9.83 Å². The van der Waals surface area contributed by atoms with Gasteiger partial charge in [0.15, 0.2) is 0 Å². The van der Waals surface area contributed by atoms with Gasteiger partial charge < -0.3 is 9.90 Å². The maximum atomic E-state index is 13.6.